The van der Waals surface area contributed by atoms with Gasteiger partial charge in [-0.15, -0.1) is 0 Å². The average molecular weight is 1820 g/mol. The summed E-state index contributed by atoms with van der Waals surface area (Å²) in [5.41, 5.74) is 1.92. The highest BCUT2D eigenvalue weighted by molar-refractivity contribution is 6.35. The highest BCUT2D eigenvalue weighted by Crippen LogP contribution is 2.41. The van der Waals surface area contributed by atoms with E-state index in [1.54, 1.807) is 62.1 Å². The third-order valence-corrected chi connectivity index (χ3v) is 21.8. The van der Waals surface area contributed by atoms with E-state index in [9.17, 15) is 79.2 Å². The molecule has 0 spiro atoms. The van der Waals surface area contributed by atoms with E-state index in [0.29, 0.717) is 60.8 Å². The number of likely N-dealkylation sites (N-methyl/N-ethyl adjacent to an activating group) is 1. The van der Waals surface area contributed by atoms with Crippen LogP contribution in [0.5, 0.6) is 46.0 Å². The fourth-order valence-electron chi connectivity index (χ4n) is 13.9. The summed E-state index contributed by atoms with van der Waals surface area (Å²) in [6.45, 7) is 8.73. The maximum atomic E-state index is 12.6. The molecule has 7 aliphatic heterocycles. The summed E-state index contributed by atoms with van der Waals surface area (Å²) in [6, 6.07) is 5.47. The Morgan fingerprint density at radius 3 is 0.992 bits per heavy atom. The largest absolute Gasteiger partial charge is 0.508 e. The van der Waals surface area contributed by atoms with Gasteiger partial charge in [0, 0.05) is 102 Å². The number of esters is 4. The molecule has 0 radical (unpaired) electrons. The number of benzene rings is 4. The number of allylic oxidation sites excluding steroid dienone is 12. The molecule has 35 heteroatoms. The van der Waals surface area contributed by atoms with Crippen LogP contribution in [0.2, 0.25) is 15.1 Å². The van der Waals surface area contributed by atoms with Crippen LogP contribution in [0, 0.1) is 0 Å². The molecule has 0 aliphatic carbocycles. The van der Waals surface area contributed by atoms with E-state index >= 15 is 0 Å². The molecule has 684 valence electrons. The first-order valence-electron chi connectivity index (χ1n) is 42.4. The fourth-order valence-corrected chi connectivity index (χ4v) is 14.5. The first-order chi connectivity index (χ1) is 61.4. The van der Waals surface area contributed by atoms with Gasteiger partial charge in [-0.3, -0.25) is 19.2 Å². The van der Waals surface area contributed by atoms with Crippen molar-refractivity contribution < 1.29 is 118 Å². The molecule has 0 bridgehead atoms. The molecule has 8 N–H and O–H groups in total. The minimum absolute atomic E-state index is 0.0208. The summed E-state index contributed by atoms with van der Waals surface area (Å²) in [7, 11) is 0. The van der Waals surface area contributed by atoms with Crippen LogP contribution in [-0.4, -0.2) is 236 Å². The van der Waals surface area contributed by atoms with E-state index in [-0.39, 0.29) is 185 Å². The second kappa shape index (κ2) is 53.9. The van der Waals surface area contributed by atoms with Crippen LogP contribution in [0.3, 0.4) is 0 Å². The first kappa shape index (κ1) is 100. The van der Waals surface area contributed by atoms with Gasteiger partial charge >= 0.3 is 23.9 Å². The summed E-state index contributed by atoms with van der Waals surface area (Å²) in [4.78, 5) is 128. The molecule has 7 aliphatic rings. The smallest absolute Gasteiger partial charge is 0.342 e. The maximum absolute atomic E-state index is 12.6. The summed E-state index contributed by atoms with van der Waals surface area (Å²) in [5.74, 6) is -6.59. The Labute approximate surface area is 752 Å². The Hall–Kier alpha value is -12.3. The van der Waals surface area contributed by atoms with Crippen LogP contribution in [-0.2, 0) is 83.2 Å². The second-order valence-corrected chi connectivity index (χ2v) is 30.9. The predicted octanol–water partition coefficient (Wildman–Crippen LogP) is 14.6. The van der Waals surface area contributed by atoms with Gasteiger partial charge in [-0.1, -0.05) is 128 Å². The minimum Gasteiger partial charge on any atom is -0.508 e. The summed E-state index contributed by atoms with van der Waals surface area (Å²) in [6.07, 6.45) is 45.0. The van der Waals surface area contributed by atoms with Gasteiger partial charge in [0.25, 0.3) is 23.6 Å². The summed E-state index contributed by atoms with van der Waals surface area (Å²) >= 11 is 18.8. The Balaban J connectivity index is 0.000000209. The van der Waals surface area contributed by atoms with E-state index < -0.39 is 41.1 Å². The number of amides is 4. The van der Waals surface area contributed by atoms with Gasteiger partial charge in [0.1, 0.15) is 88.1 Å². The van der Waals surface area contributed by atoms with Gasteiger partial charge < -0.3 is 98.7 Å². The van der Waals surface area contributed by atoms with Gasteiger partial charge in [0.2, 0.25) is 0 Å². The number of oxime groups is 4. The fraction of sp³-hybridized carbons (Fsp3) is 0.435. The summed E-state index contributed by atoms with van der Waals surface area (Å²) in [5, 5.41) is 97.3. The number of ether oxygens (including phenoxy) is 4. The highest BCUT2D eigenvalue weighted by atomic mass is 35.5. The maximum Gasteiger partial charge on any atom is 0.342 e. The standard InChI is InChI=1S/2C23H27ClN2O6.C23H29ClN2O6.C23H28N2O6/c2*24-22-17-13-16(25-32-15-20(29)26-10-6-4-7-11-26)9-5-2-1-3-8-12-31-23(30)21(17)18(27)14-19(22)28;1-3-26(4-2)20(29)15-32-25-16-11-9-7-5-6-8-10-12-31-23(30)21-17(13-16)22(24)19(28)14-18(21)27;26-19-14-17-13-18(24-31-16-21(28)25-10-6-4-7-11-25)9-5-2-1-3-8-12-30-23(29)22(17)20(27)15-19/h2*3,5,8-9,14,27-28H,1-2,4,6-7,10-13,15H2;6,8-9,11,14,27-28H,3-5,7,10,12-13,15H2,1-2H3;3,5,8-9,14-15,26-27H,1-2,4,6-7,10-13,16H2/b8-3+,9-5+,25-16+;8-3+,9-5+,25-16-;8-6+,11-9+,25-16+;8-3+,9-5+,24-18-. The molecule has 3 saturated heterocycles. The Bertz CT molecular complexity index is 4700. The van der Waals surface area contributed by atoms with Gasteiger partial charge in [-0.05, 0) is 182 Å². The molecular weight excluding hydrogens is 1710 g/mol. The third-order valence-electron chi connectivity index (χ3n) is 20.5. The molecule has 3 fully saturated rings. The van der Waals surface area contributed by atoms with Gasteiger partial charge in [0.05, 0.1) is 44.5 Å². The number of piperidine rings is 3. The second-order valence-electron chi connectivity index (χ2n) is 29.8. The van der Waals surface area contributed by atoms with E-state index in [1.807, 2.05) is 68.5 Å². The minimum atomic E-state index is -0.771. The lowest BCUT2D eigenvalue weighted by Gasteiger charge is -2.26. The zero-order valence-electron chi connectivity index (χ0n) is 71.3. The Morgan fingerprint density at radius 2 is 0.646 bits per heavy atom. The number of carbonyl (C=O) groups excluding carboxylic acids is 8. The number of halogens is 3. The van der Waals surface area contributed by atoms with Crippen molar-refractivity contribution in [1.82, 2.24) is 19.6 Å². The van der Waals surface area contributed by atoms with E-state index in [1.165, 1.54) is 6.07 Å². The Morgan fingerprint density at radius 1 is 0.354 bits per heavy atom. The van der Waals surface area contributed by atoms with Crippen molar-refractivity contribution in [3.05, 3.63) is 187 Å². The summed E-state index contributed by atoms with van der Waals surface area (Å²) < 4.78 is 20.9. The van der Waals surface area contributed by atoms with E-state index in [0.717, 1.165) is 160 Å². The number of hydrogen-bond donors (Lipinski definition) is 8. The third kappa shape index (κ3) is 32.6. The molecule has 4 aromatic carbocycles. The van der Waals surface area contributed by atoms with Crippen LogP contribution < -0.4 is 0 Å². The molecule has 7 heterocycles. The van der Waals surface area contributed by atoms with Crippen LogP contribution in [0.15, 0.2) is 148 Å². The van der Waals surface area contributed by atoms with Crippen molar-refractivity contribution in [2.24, 2.45) is 20.6 Å². The molecule has 4 aromatic rings. The first-order valence-corrected chi connectivity index (χ1v) is 43.6. The number of cyclic esters (lactones) is 4. The number of phenolic OH excluding ortho intramolecular Hbond substituents is 8. The van der Waals surface area contributed by atoms with Crippen molar-refractivity contribution in [3.63, 3.8) is 0 Å². The molecule has 4 amide bonds. The van der Waals surface area contributed by atoms with Crippen LogP contribution >= 0.6 is 34.8 Å². The lowest BCUT2D eigenvalue weighted by molar-refractivity contribution is -0.137. The number of carbonyl (C=O) groups is 8. The lowest BCUT2D eigenvalue weighted by Crippen LogP contribution is -2.37. The average Bonchev–Trinajstić information content (AvgIpc) is 0.974. The molecule has 127 heavy (non-hydrogen) atoms. The van der Waals surface area contributed by atoms with Crippen LogP contribution in [0.4, 0.5) is 0 Å². The Kier molecular flexibility index (Phi) is 42.5. The van der Waals surface area contributed by atoms with Crippen molar-refractivity contribution in [2.75, 3.05) is 105 Å². The monoisotopic (exact) mass is 1820 g/mol. The normalized spacial score (nSPS) is 20.2. The topological polar surface area (TPSA) is 435 Å². The number of likely N-dealkylation sites (tertiary alicyclic amines) is 3. The zero-order chi connectivity index (χ0) is 91.4. The number of rotatable bonds is 14. The van der Waals surface area contributed by atoms with Crippen molar-refractivity contribution in [1.29, 1.82) is 0 Å². The van der Waals surface area contributed by atoms with Crippen molar-refractivity contribution in [3.8, 4) is 46.0 Å². The van der Waals surface area contributed by atoms with E-state index in [2.05, 4.69) is 20.6 Å². The van der Waals surface area contributed by atoms with Crippen LogP contribution in [0.1, 0.15) is 193 Å². The molecule has 32 nitrogen and oxygen atoms in total. The highest BCUT2D eigenvalue weighted by Gasteiger charge is 2.30. The molecule has 0 unspecified atom stereocenters. The number of nitrogens with zero attached hydrogens (tertiary/aromatic N) is 8. The molecule has 11 rings (SSSR count). The number of hydrogen-bond acceptors (Lipinski definition) is 28. The number of phenols is 8. The van der Waals surface area contributed by atoms with Crippen LogP contribution in [0.25, 0.3) is 0 Å². The lowest BCUT2D eigenvalue weighted by atomic mass is 9.99. The molecular formula is C92H111Cl3N8O24. The molecule has 0 aromatic heterocycles. The molecule has 0 atom stereocenters. The van der Waals surface area contributed by atoms with Crippen molar-refractivity contribution in [2.45, 2.75) is 155 Å². The number of fused-ring (bicyclic) bond motifs is 4. The number of aromatic hydroxyl groups is 8. The quantitative estimate of drug-likeness (QED) is 0.0251. The van der Waals surface area contributed by atoms with Gasteiger partial charge in [-0.2, -0.15) is 0 Å². The van der Waals surface area contributed by atoms with Crippen molar-refractivity contribution >= 4 is 105 Å². The molecule has 0 saturated carbocycles. The van der Waals surface area contributed by atoms with E-state index in [4.69, 9.17) is 73.1 Å². The zero-order valence-corrected chi connectivity index (χ0v) is 73.6. The van der Waals surface area contributed by atoms with Gasteiger partial charge in [-0.25, -0.2) is 19.2 Å². The van der Waals surface area contributed by atoms with Gasteiger partial charge in [0.15, 0.2) is 26.4 Å². The predicted molar refractivity (Wildman–Crippen MR) is 478 cm³/mol. The SMILES string of the molecule is CCN(CC)C(=O)CO/N=C1\C=C\CC/C=C/CCOC(=O)c2c(O)cc(O)c(Cl)c2C1.O=C1OC/C=C/CC/C=C/C(=N/OCC(=O)N2CCCCC2)Cc2c(Cl)c(O)cc(O)c21.O=C1OC/C=C/CC/C=C/C(=N/OCC(=O)N2CCCCC2)Cc2cc(O)cc(O)c21.O=C1OC/C=C/CC/C=C/C(=N\OCC(=O)N2CCCCC2)Cc2c(Cl)c(O)cc(O)c21.